The summed E-state index contributed by atoms with van der Waals surface area (Å²) in [5, 5.41) is 22.6. The van der Waals surface area contributed by atoms with Crippen LogP contribution >= 0.6 is 22.4 Å². The lowest BCUT2D eigenvalue weighted by Crippen LogP contribution is -2.55. The molecule has 0 aromatic heterocycles. The van der Waals surface area contributed by atoms with Crippen molar-refractivity contribution in [3.8, 4) is 11.5 Å². The van der Waals surface area contributed by atoms with E-state index in [1.54, 1.807) is 6.07 Å². The van der Waals surface area contributed by atoms with E-state index in [1.165, 1.54) is 12.8 Å². The SMILES string of the molecule is O=C(O)c1c(OC2CN(CCN([O-])CC3CC3)C2)ccc2c1OB(I)CC2. The van der Waals surface area contributed by atoms with Crippen LogP contribution in [0.25, 0.3) is 0 Å². The number of carboxylic acid groups (broad SMARTS) is 1. The van der Waals surface area contributed by atoms with E-state index in [2.05, 4.69) is 27.3 Å². The third-order valence-electron chi connectivity index (χ3n) is 5.34. The van der Waals surface area contributed by atoms with Crippen molar-refractivity contribution in [3.63, 3.8) is 0 Å². The largest absolute Gasteiger partial charge is 0.785 e. The number of hydrogen-bond donors (Lipinski definition) is 1. The Kier molecular flexibility index (Phi) is 5.82. The molecule has 1 saturated heterocycles. The molecule has 2 fully saturated rings. The van der Waals surface area contributed by atoms with Crippen LogP contribution in [0.15, 0.2) is 12.1 Å². The van der Waals surface area contributed by atoms with Gasteiger partial charge in [-0.3, -0.25) is 4.90 Å². The Balaban J connectivity index is 1.32. The summed E-state index contributed by atoms with van der Waals surface area (Å²) in [6, 6.07) is 3.65. The standard InChI is InChI=1S/C18H23BIN2O5/c20-19-6-5-13-3-4-15(16(18(23)24)17(13)27-19)26-14-10-21(11-14)7-8-22(25)9-12-1-2-12/h3-4,12,14H,1-2,5-11H2,(H,23,24)/q-1. The number of nitrogens with zero attached hydrogens (tertiary/aromatic N) is 2. The number of hydrogen-bond acceptors (Lipinski definition) is 6. The van der Waals surface area contributed by atoms with E-state index in [0.717, 1.165) is 29.9 Å². The third kappa shape index (κ3) is 4.69. The molecule has 1 saturated carbocycles. The van der Waals surface area contributed by atoms with Gasteiger partial charge in [0.2, 0.25) is 0 Å². The number of aromatic carboxylic acids is 1. The molecule has 0 bridgehead atoms. The average Bonchev–Trinajstić information content (AvgIpc) is 3.39. The number of carbonyl (C=O) groups is 1. The first kappa shape index (κ1) is 19.3. The van der Waals surface area contributed by atoms with Crippen LogP contribution in [0.3, 0.4) is 0 Å². The maximum absolute atomic E-state index is 11.8. The molecule has 1 aromatic rings. The normalized spacial score (nSPS) is 20.2. The van der Waals surface area contributed by atoms with Gasteiger partial charge in [-0.2, -0.15) is 0 Å². The van der Waals surface area contributed by atoms with Crippen molar-refractivity contribution in [1.82, 2.24) is 9.96 Å². The van der Waals surface area contributed by atoms with Crippen LogP contribution in [0.2, 0.25) is 6.32 Å². The van der Waals surface area contributed by atoms with Crippen molar-refractivity contribution in [1.29, 1.82) is 0 Å². The summed E-state index contributed by atoms with van der Waals surface area (Å²) in [5.41, 5.74) is 1.05. The summed E-state index contributed by atoms with van der Waals surface area (Å²) in [5.74, 6) is 0.405. The first-order valence-electron chi connectivity index (χ1n) is 9.50. The predicted molar refractivity (Wildman–Crippen MR) is 111 cm³/mol. The van der Waals surface area contributed by atoms with E-state index in [9.17, 15) is 15.1 Å². The molecule has 0 spiro atoms. The summed E-state index contributed by atoms with van der Waals surface area (Å²) in [4.78, 5) is 14.0. The Morgan fingerprint density at radius 1 is 1.44 bits per heavy atom. The van der Waals surface area contributed by atoms with Crippen molar-refractivity contribution in [2.45, 2.75) is 31.7 Å². The zero-order valence-corrected chi connectivity index (χ0v) is 17.3. The third-order valence-corrected chi connectivity index (χ3v) is 6.22. The van der Waals surface area contributed by atoms with Crippen LogP contribution in [0.1, 0.15) is 28.8 Å². The highest BCUT2D eigenvalue weighted by Crippen LogP contribution is 2.38. The highest BCUT2D eigenvalue weighted by Gasteiger charge is 2.33. The van der Waals surface area contributed by atoms with Gasteiger partial charge >= 0.3 is 10.7 Å². The Morgan fingerprint density at radius 3 is 2.93 bits per heavy atom. The Labute approximate surface area is 172 Å². The zero-order chi connectivity index (χ0) is 19.0. The maximum Gasteiger partial charge on any atom is 0.429 e. The number of hydroxylamine groups is 2. The minimum atomic E-state index is -1.02. The topological polar surface area (TPSA) is 85.3 Å². The molecule has 1 N–H and O–H groups in total. The molecule has 7 nitrogen and oxygen atoms in total. The van der Waals surface area contributed by atoms with Gasteiger partial charge in [-0.25, -0.2) is 4.79 Å². The fraction of sp³-hybridized carbons (Fsp3) is 0.611. The van der Waals surface area contributed by atoms with Crippen molar-refractivity contribution in [2.24, 2.45) is 5.92 Å². The van der Waals surface area contributed by atoms with E-state index in [1.807, 2.05) is 6.07 Å². The Bertz CT molecular complexity index is 711. The fourth-order valence-corrected chi connectivity index (χ4v) is 4.15. The smallest absolute Gasteiger partial charge is 0.429 e. The lowest BCUT2D eigenvalue weighted by molar-refractivity contribution is 0.0154. The van der Waals surface area contributed by atoms with Crippen LogP contribution in [0.4, 0.5) is 0 Å². The van der Waals surface area contributed by atoms with E-state index in [0.29, 0.717) is 43.6 Å². The van der Waals surface area contributed by atoms with Crippen molar-refractivity contribution in [3.05, 3.63) is 28.5 Å². The molecule has 0 unspecified atom stereocenters. The number of aryl methyl sites for hydroxylation is 1. The molecule has 4 rings (SSSR count). The van der Waals surface area contributed by atoms with Crippen LogP contribution in [0.5, 0.6) is 11.5 Å². The van der Waals surface area contributed by atoms with E-state index < -0.39 is 5.97 Å². The van der Waals surface area contributed by atoms with Gasteiger partial charge in [-0.15, -0.1) is 0 Å². The molecule has 2 aliphatic heterocycles. The van der Waals surface area contributed by atoms with Gasteiger partial charge in [0.05, 0.1) is 0 Å². The van der Waals surface area contributed by atoms with Crippen LogP contribution in [-0.2, 0) is 6.42 Å². The molecule has 0 amide bonds. The van der Waals surface area contributed by atoms with Gasteiger partial charge < -0.3 is 24.8 Å². The second kappa shape index (κ2) is 8.14. The summed E-state index contributed by atoms with van der Waals surface area (Å²) < 4.78 is 11.7. The van der Waals surface area contributed by atoms with Crippen molar-refractivity contribution < 1.29 is 19.3 Å². The Hall–Kier alpha value is -1.04. The van der Waals surface area contributed by atoms with Crippen LogP contribution in [-0.4, -0.2) is 64.6 Å². The van der Waals surface area contributed by atoms with Gasteiger partial charge in [-0.05, 0) is 56.2 Å². The minimum Gasteiger partial charge on any atom is -0.785 e. The monoisotopic (exact) mass is 485 g/mol. The summed E-state index contributed by atoms with van der Waals surface area (Å²) in [6.07, 6.45) is 4.01. The van der Waals surface area contributed by atoms with Gasteiger partial charge in [0, 0.05) is 19.6 Å². The van der Waals surface area contributed by atoms with Gasteiger partial charge in [-0.1, -0.05) is 28.4 Å². The molecule has 2 heterocycles. The second-order valence-corrected chi connectivity index (χ2v) is 9.02. The maximum atomic E-state index is 11.8. The number of carboxylic acids is 1. The fourth-order valence-electron chi connectivity index (χ4n) is 3.59. The second-order valence-electron chi connectivity index (χ2n) is 7.63. The predicted octanol–water partition coefficient (Wildman–Crippen LogP) is 2.52. The van der Waals surface area contributed by atoms with Gasteiger partial charge in [0.25, 0.3) is 0 Å². The molecule has 1 aliphatic carbocycles. The highest BCUT2D eigenvalue weighted by molar-refractivity contribution is 14.1. The minimum absolute atomic E-state index is 0.0201. The molecule has 0 radical (unpaired) electrons. The number of likely N-dealkylation sites (tertiary alicyclic amines) is 1. The molecular formula is C18H23BIN2O5-. The average molecular weight is 485 g/mol. The van der Waals surface area contributed by atoms with Crippen LogP contribution in [0, 0.1) is 11.1 Å². The number of rotatable bonds is 8. The molecule has 0 atom stereocenters. The molecule has 1 aromatic carbocycles. The number of fused-ring (bicyclic) bond motifs is 1. The van der Waals surface area contributed by atoms with Gasteiger partial charge in [0.1, 0.15) is 23.2 Å². The number of halogens is 1. The van der Waals surface area contributed by atoms with Crippen LogP contribution < -0.4 is 9.39 Å². The molecular weight excluding hydrogens is 462 g/mol. The van der Waals surface area contributed by atoms with Crippen molar-refractivity contribution >= 4 is 33.1 Å². The molecule has 27 heavy (non-hydrogen) atoms. The summed E-state index contributed by atoms with van der Waals surface area (Å²) in [6.45, 7) is 3.33. The van der Waals surface area contributed by atoms with Gasteiger partial charge in [0.15, 0.2) is 0 Å². The molecule has 3 aliphatic rings. The zero-order valence-electron chi connectivity index (χ0n) is 15.1. The first-order chi connectivity index (χ1) is 13.0. The highest BCUT2D eigenvalue weighted by atomic mass is 127. The summed E-state index contributed by atoms with van der Waals surface area (Å²) in [7, 11) is 0. The Morgan fingerprint density at radius 2 is 2.22 bits per heavy atom. The van der Waals surface area contributed by atoms with E-state index in [-0.39, 0.29) is 16.4 Å². The lowest BCUT2D eigenvalue weighted by atomic mass is 9.85. The van der Waals surface area contributed by atoms with Crippen molar-refractivity contribution in [2.75, 3.05) is 32.7 Å². The first-order valence-corrected chi connectivity index (χ1v) is 10.7. The quantitative estimate of drug-likeness (QED) is 0.344. The number of ether oxygens (including phenoxy) is 1. The van der Waals surface area contributed by atoms with E-state index >= 15 is 0 Å². The molecule has 9 heteroatoms. The molecule has 146 valence electrons. The summed E-state index contributed by atoms with van der Waals surface area (Å²) >= 11 is 2.19. The number of benzene rings is 1. The lowest BCUT2D eigenvalue weighted by Gasteiger charge is -2.41. The van der Waals surface area contributed by atoms with E-state index in [4.69, 9.17) is 9.39 Å².